The first-order valence-electron chi connectivity index (χ1n) is 4.40. The molecule has 0 aliphatic rings. The van der Waals surface area contributed by atoms with Crippen LogP contribution in [0.1, 0.15) is 6.92 Å². The molecule has 1 rings (SSSR count). The number of nitrogens with zero attached hydrogens (tertiary/aromatic N) is 1. The van der Waals surface area contributed by atoms with E-state index in [1.165, 1.54) is 12.1 Å². The van der Waals surface area contributed by atoms with E-state index in [1.54, 1.807) is 6.07 Å². The molecule has 82 valence electrons. The van der Waals surface area contributed by atoms with Gasteiger partial charge in [-0.1, -0.05) is 0 Å². The van der Waals surface area contributed by atoms with Crippen LogP contribution < -0.4 is 16.6 Å². The number of hydrogen-bond acceptors (Lipinski definition) is 2. The summed E-state index contributed by atoms with van der Waals surface area (Å²) in [4.78, 5) is 4.07. The average molecular weight is 322 g/mol. The van der Waals surface area contributed by atoms with Crippen LogP contribution in [0.25, 0.3) is 0 Å². The van der Waals surface area contributed by atoms with Crippen LogP contribution in [0.5, 0.6) is 0 Å². The van der Waals surface area contributed by atoms with Gasteiger partial charge in [0.1, 0.15) is 5.82 Å². The highest BCUT2D eigenvalue weighted by Crippen LogP contribution is 2.18. The first-order chi connectivity index (χ1) is 7.17. The molecule has 4 nitrogen and oxygen atoms in total. The molecular formula is C9H12FIN4. The molecule has 0 saturated heterocycles. The number of benzene rings is 1. The first-order valence-corrected chi connectivity index (χ1v) is 5.48. The Kier molecular flexibility index (Phi) is 4.76. The van der Waals surface area contributed by atoms with E-state index in [1.807, 2.05) is 29.5 Å². The lowest BCUT2D eigenvalue weighted by Gasteiger charge is -2.10. The van der Waals surface area contributed by atoms with Gasteiger partial charge in [-0.05, 0) is 47.7 Å². The zero-order valence-electron chi connectivity index (χ0n) is 8.22. The third kappa shape index (κ3) is 3.63. The largest absolute Gasteiger partial charge is 0.324 e. The molecule has 0 amide bonds. The van der Waals surface area contributed by atoms with Crippen molar-refractivity contribution in [3.8, 4) is 0 Å². The normalized spacial score (nSPS) is 11.3. The average Bonchev–Trinajstić information content (AvgIpc) is 2.21. The Bertz CT molecular complexity index is 367. The third-order valence-electron chi connectivity index (χ3n) is 1.64. The van der Waals surface area contributed by atoms with Crippen LogP contribution in [0.3, 0.4) is 0 Å². The molecule has 1 aromatic rings. The monoisotopic (exact) mass is 322 g/mol. The summed E-state index contributed by atoms with van der Waals surface area (Å²) in [5.41, 5.74) is 3.20. The van der Waals surface area contributed by atoms with E-state index in [0.717, 1.165) is 9.26 Å². The molecule has 0 aliphatic heterocycles. The number of hydrazine groups is 1. The summed E-state index contributed by atoms with van der Waals surface area (Å²) in [7, 11) is 0. The molecule has 0 heterocycles. The Morgan fingerprint density at radius 1 is 1.60 bits per heavy atom. The van der Waals surface area contributed by atoms with Gasteiger partial charge in [0.25, 0.3) is 0 Å². The summed E-state index contributed by atoms with van der Waals surface area (Å²) in [5, 5.41) is 2.96. The van der Waals surface area contributed by atoms with Crippen molar-refractivity contribution in [2.24, 2.45) is 10.8 Å². The second-order valence-corrected chi connectivity index (χ2v) is 3.88. The lowest BCUT2D eigenvalue weighted by molar-refractivity contribution is 0.627. The van der Waals surface area contributed by atoms with Gasteiger partial charge >= 0.3 is 0 Å². The molecule has 0 unspecified atom stereocenters. The second kappa shape index (κ2) is 5.86. The molecule has 0 aliphatic carbocycles. The Morgan fingerprint density at radius 3 is 2.87 bits per heavy atom. The SMILES string of the molecule is CCN=C(NN)Nc1ccc(F)cc1I. The van der Waals surface area contributed by atoms with E-state index in [0.29, 0.717) is 12.5 Å². The van der Waals surface area contributed by atoms with Crippen LogP contribution in [0.4, 0.5) is 10.1 Å². The standard InChI is InChI=1S/C9H12FIN4/c1-2-13-9(15-12)14-8-4-3-6(10)5-7(8)11/h3-5H,2,12H2,1H3,(H2,13,14,15). The van der Waals surface area contributed by atoms with Gasteiger partial charge in [0.05, 0.1) is 5.69 Å². The van der Waals surface area contributed by atoms with Gasteiger partial charge in [0.2, 0.25) is 5.96 Å². The minimum Gasteiger partial charge on any atom is -0.324 e. The smallest absolute Gasteiger partial charge is 0.210 e. The van der Waals surface area contributed by atoms with Gasteiger partial charge in [0, 0.05) is 10.1 Å². The molecule has 1 aromatic carbocycles. The Hall–Kier alpha value is -0.890. The maximum atomic E-state index is 12.8. The molecule has 15 heavy (non-hydrogen) atoms. The number of nitrogens with one attached hydrogen (secondary N) is 2. The van der Waals surface area contributed by atoms with E-state index in [-0.39, 0.29) is 5.82 Å². The summed E-state index contributed by atoms with van der Waals surface area (Å²) >= 11 is 2.04. The highest BCUT2D eigenvalue weighted by Gasteiger charge is 2.03. The quantitative estimate of drug-likeness (QED) is 0.255. The predicted molar refractivity (Wildman–Crippen MR) is 68.0 cm³/mol. The van der Waals surface area contributed by atoms with Gasteiger partial charge in [0.15, 0.2) is 0 Å². The predicted octanol–water partition coefficient (Wildman–Crippen LogP) is 1.68. The number of aliphatic imine (C=N–C) groups is 1. The van der Waals surface area contributed by atoms with Crippen molar-refractivity contribution < 1.29 is 4.39 Å². The number of halogens is 2. The topological polar surface area (TPSA) is 62.4 Å². The maximum Gasteiger partial charge on any atom is 0.210 e. The van der Waals surface area contributed by atoms with Crippen molar-refractivity contribution in [1.29, 1.82) is 0 Å². The second-order valence-electron chi connectivity index (χ2n) is 2.72. The van der Waals surface area contributed by atoms with E-state index in [2.05, 4.69) is 15.7 Å². The number of hydrogen-bond donors (Lipinski definition) is 3. The molecule has 0 radical (unpaired) electrons. The van der Waals surface area contributed by atoms with Gasteiger partial charge < -0.3 is 5.32 Å². The fourth-order valence-electron chi connectivity index (χ4n) is 0.998. The van der Waals surface area contributed by atoms with Crippen LogP contribution in [-0.2, 0) is 0 Å². The molecule has 4 N–H and O–H groups in total. The zero-order valence-corrected chi connectivity index (χ0v) is 10.4. The van der Waals surface area contributed by atoms with E-state index in [9.17, 15) is 4.39 Å². The van der Waals surface area contributed by atoms with Crippen LogP contribution in [-0.4, -0.2) is 12.5 Å². The third-order valence-corrected chi connectivity index (χ3v) is 2.53. The maximum absolute atomic E-state index is 12.8. The summed E-state index contributed by atoms with van der Waals surface area (Å²) in [6, 6.07) is 4.45. The summed E-state index contributed by atoms with van der Waals surface area (Å²) in [6.45, 7) is 2.51. The van der Waals surface area contributed by atoms with E-state index in [4.69, 9.17) is 5.84 Å². The van der Waals surface area contributed by atoms with Crippen molar-refractivity contribution >= 4 is 34.2 Å². The molecule has 0 saturated carbocycles. The fourth-order valence-corrected chi connectivity index (χ4v) is 1.61. The molecule has 6 heteroatoms. The van der Waals surface area contributed by atoms with E-state index < -0.39 is 0 Å². The highest BCUT2D eigenvalue weighted by molar-refractivity contribution is 14.1. The van der Waals surface area contributed by atoms with Crippen LogP contribution in [0.15, 0.2) is 23.2 Å². The van der Waals surface area contributed by atoms with E-state index >= 15 is 0 Å². The van der Waals surface area contributed by atoms with Gasteiger partial charge in [-0.3, -0.25) is 10.4 Å². The van der Waals surface area contributed by atoms with Crippen molar-refractivity contribution in [3.05, 3.63) is 27.6 Å². The molecule has 0 bridgehead atoms. The molecular weight excluding hydrogens is 310 g/mol. The van der Waals surface area contributed by atoms with Gasteiger partial charge in [-0.2, -0.15) is 0 Å². The van der Waals surface area contributed by atoms with Gasteiger partial charge in [-0.15, -0.1) is 0 Å². The van der Waals surface area contributed by atoms with Crippen molar-refractivity contribution in [3.63, 3.8) is 0 Å². The Labute approximate surface area is 101 Å². The van der Waals surface area contributed by atoms with Crippen molar-refractivity contribution in [1.82, 2.24) is 5.43 Å². The minimum atomic E-state index is -0.264. The molecule has 0 fully saturated rings. The summed E-state index contributed by atoms with van der Waals surface area (Å²) < 4.78 is 13.6. The van der Waals surface area contributed by atoms with Crippen LogP contribution >= 0.6 is 22.6 Å². The van der Waals surface area contributed by atoms with Crippen LogP contribution in [0, 0.1) is 9.39 Å². The van der Waals surface area contributed by atoms with Crippen molar-refractivity contribution in [2.45, 2.75) is 6.92 Å². The minimum absolute atomic E-state index is 0.264. The fraction of sp³-hybridized carbons (Fsp3) is 0.222. The molecule has 0 atom stereocenters. The Morgan fingerprint density at radius 2 is 2.33 bits per heavy atom. The highest BCUT2D eigenvalue weighted by atomic mass is 127. The number of guanidine groups is 1. The molecule has 0 spiro atoms. The number of rotatable bonds is 2. The van der Waals surface area contributed by atoms with Crippen LogP contribution in [0.2, 0.25) is 0 Å². The number of anilines is 1. The summed E-state index contributed by atoms with van der Waals surface area (Å²) in [6.07, 6.45) is 0. The number of nitrogens with two attached hydrogens (primary N) is 1. The Balaban J connectivity index is 2.84. The lowest BCUT2D eigenvalue weighted by atomic mass is 10.3. The lowest BCUT2D eigenvalue weighted by Crippen LogP contribution is -2.36. The molecule has 0 aromatic heterocycles. The van der Waals surface area contributed by atoms with Crippen molar-refractivity contribution in [2.75, 3.05) is 11.9 Å². The van der Waals surface area contributed by atoms with Gasteiger partial charge in [-0.25, -0.2) is 10.2 Å². The summed E-state index contributed by atoms with van der Waals surface area (Å²) in [5.74, 6) is 5.46. The first kappa shape index (κ1) is 12.2. The zero-order chi connectivity index (χ0) is 11.3.